The number of carbonyl (C=O) groups excluding carboxylic acids is 2. The molecule has 0 aromatic heterocycles. The summed E-state index contributed by atoms with van der Waals surface area (Å²) < 4.78 is 43.7. The number of phenolic OH excluding ortho intramolecular Hbond substituents is 1. The average Bonchev–Trinajstić information content (AvgIpc) is 2.65. The van der Waals surface area contributed by atoms with Gasteiger partial charge in [0.25, 0.3) is 0 Å². The smallest absolute Gasteiger partial charge is 0.416 e. The number of anilines is 1. The summed E-state index contributed by atoms with van der Waals surface area (Å²) >= 11 is 3.17. The van der Waals surface area contributed by atoms with Gasteiger partial charge in [0.2, 0.25) is 11.8 Å². The van der Waals surface area contributed by atoms with Gasteiger partial charge in [-0.05, 0) is 58.7 Å². The van der Waals surface area contributed by atoms with Gasteiger partial charge in [-0.1, -0.05) is 6.07 Å². The molecule has 2 rings (SSSR count). The van der Waals surface area contributed by atoms with Crippen LogP contribution in [-0.2, 0) is 15.8 Å². The number of nitrogens with one attached hydrogen (secondary N) is 2. The number of hydrazone groups is 1. The molecule has 2 aromatic rings. The summed E-state index contributed by atoms with van der Waals surface area (Å²) in [6, 6.07) is 7.10. The van der Waals surface area contributed by atoms with Crippen LogP contribution in [0, 0.1) is 0 Å². The van der Waals surface area contributed by atoms with Crippen molar-refractivity contribution in [2.24, 2.45) is 5.10 Å². The van der Waals surface area contributed by atoms with Crippen LogP contribution in [0.5, 0.6) is 11.5 Å². The summed E-state index contributed by atoms with van der Waals surface area (Å²) in [7, 11) is 0. The molecule has 0 atom stereocenters. The molecule has 0 aliphatic rings. The van der Waals surface area contributed by atoms with E-state index in [0.717, 1.165) is 18.2 Å². The van der Waals surface area contributed by atoms with Gasteiger partial charge in [-0.3, -0.25) is 9.59 Å². The van der Waals surface area contributed by atoms with Crippen molar-refractivity contribution in [3.8, 4) is 11.5 Å². The Morgan fingerprint density at radius 1 is 1.23 bits per heavy atom. The first kappa shape index (κ1) is 23.2. The van der Waals surface area contributed by atoms with Crippen LogP contribution in [0.25, 0.3) is 0 Å². The van der Waals surface area contributed by atoms with Crippen LogP contribution in [0.2, 0.25) is 0 Å². The second-order valence-corrected chi connectivity index (χ2v) is 6.73. The number of hydrogen-bond acceptors (Lipinski definition) is 5. The van der Waals surface area contributed by atoms with Gasteiger partial charge >= 0.3 is 6.18 Å². The van der Waals surface area contributed by atoms with Crippen molar-refractivity contribution in [1.29, 1.82) is 0 Å². The molecule has 7 nitrogen and oxygen atoms in total. The van der Waals surface area contributed by atoms with Gasteiger partial charge in [-0.2, -0.15) is 18.3 Å². The molecule has 0 fully saturated rings. The lowest BCUT2D eigenvalue weighted by Gasteiger charge is -2.09. The van der Waals surface area contributed by atoms with Crippen LogP contribution >= 0.6 is 15.9 Å². The van der Waals surface area contributed by atoms with Gasteiger partial charge in [0.1, 0.15) is 6.42 Å². The van der Waals surface area contributed by atoms with E-state index in [1.54, 1.807) is 6.92 Å². The SMILES string of the molecule is CCOc1cc(/C=N/NC(=O)CC(=O)Nc2cccc(C(F)(F)F)c2)cc(Br)c1O. The minimum absolute atomic E-state index is 0.0794. The number of phenols is 1. The minimum atomic E-state index is -4.54. The highest BCUT2D eigenvalue weighted by Crippen LogP contribution is 2.35. The lowest BCUT2D eigenvalue weighted by Crippen LogP contribution is -2.24. The van der Waals surface area contributed by atoms with Gasteiger partial charge in [-0.25, -0.2) is 5.43 Å². The monoisotopic (exact) mass is 487 g/mol. The molecule has 0 spiro atoms. The molecule has 0 aliphatic heterocycles. The van der Waals surface area contributed by atoms with E-state index in [1.165, 1.54) is 24.4 Å². The maximum atomic E-state index is 12.7. The van der Waals surface area contributed by atoms with Gasteiger partial charge in [0.15, 0.2) is 11.5 Å². The third-order valence-electron chi connectivity index (χ3n) is 3.55. The molecular formula is C19H17BrF3N3O4. The van der Waals surface area contributed by atoms with Crippen molar-refractivity contribution in [1.82, 2.24) is 5.43 Å². The van der Waals surface area contributed by atoms with E-state index in [1.807, 2.05) is 0 Å². The van der Waals surface area contributed by atoms with Crippen molar-refractivity contribution < 1.29 is 32.6 Å². The van der Waals surface area contributed by atoms with E-state index < -0.39 is 30.0 Å². The molecule has 0 aliphatic carbocycles. The summed E-state index contributed by atoms with van der Waals surface area (Å²) in [6.45, 7) is 2.08. The van der Waals surface area contributed by atoms with E-state index >= 15 is 0 Å². The largest absolute Gasteiger partial charge is 0.503 e. The third-order valence-corrected chi connectivity index (χ3v) is 4.15. The molecule has 11 heteroatoms. The Labute approximate surface area is 178 Å². The Morgan fingerprint density at radius 3 is 2.63 bits per heavy atom. The zero-order valence-electron chi connectivity index (χ0n) is 15.6. The van der Waals surface area contributed by atoms with Crippen LogP contribution < -0.4 is 15.5 Å². The van der Waals surface area contributed by atoms with E-state index in [-0.39, 0.29) is 17.2 Å². The van der Waals surface area contributed by atoms with Crippen LogP contribution in [-0.4, -0.2) is 29.7 Å². The Balaban J connectivity index is 1.92. The fraction of sp³-hybridized carbons (Fsp3) is 0.211. The maximum absolute atomic E-state index is 12.7. The van der Waals surface area contributed by atoms with Crippen LogP contribution in [0.1, 0.15) is 24.5 Å². The van der Waals surface area contributed by atoms with Crippen molar-refractivity contribution in [2.45, 2.75) is 19.5 Å². The van der Waals surface area contributed by atoms with Crippen LogP contribution in [0.3, 0.4) is 0 Å². The summed E-state index contributed by atoms with van der Waals surface area (Å²) in [6.07, 6.45) is -3.91. The molecule has 3 N–H and O–H groups in total. The molecule has 160 valence electrons. The Kier molecular flexibility index (Phi) is 7.81. The van der Waals surface area contributed by atoms with E-state index in [4.69, 9.17) is 4.74 Å². The predicted molar refractivity (Wildman–Crippen MR) is 107 cm³/mol. The fourth-order valence-electron chi connectivity index (χ4n) is 2.28. The van der Waals surface area contributed by atoms with Gasteiger partial charge in [-0.15, -0.1) is 0 Å². The topological polar surface area (TPSA) is 100 Å². The van der Waals surface area contributed by atoms with Crippen molar-refractivity contribution >= 4 is 39.6 Å². The number of halogens is 4. The number of alkyl halides is 3. The maximum Gasteiger partial charge on any atom is 0.416 e. The normalized spacial score (nSPS) is 11.4. The summed E-state index contributed by atoms with van der Waals surface area (Å²) in [5.41, 5.74) is 1.64. The number of carbonyl (C=O) groups is 2. The van der Waals surface area contributed by atoms with Gasteiger partial charge < -0.3 is 15.2 Å². The number of hydrogen-bond donors (Lipinski definition) is 3. The van der Waals surface area contributed by atoms with Gasteiger partial charge in [0, 0.05) is 5.69 Å². The number of benzene rings is 2. The number of rotatable bonds is 7. The Bertz CT molecular complexity index is 965. The number of ether oxygens (including phenoxy) is 1. The second-order valence-electron chi connectivity index (χ2n) is 5.88. The average molecular weight is 488 g/mol. The van der Waals surface area contributed by atoms with Crippen LogP contribution in [0.15, 0.2) is 46.0 Å². The Morgan fingerprint density at radius 2 is 1.97 bits per heavy atom. The van der Waals surface area contributed by atoms with Crippen molar-refractivity contribution in [2.75, 3.05) is 11.9 Å². The molecule has 2 aromatic carbocycles. The molecule has 0 radical (unpaired) electrons. The lowest BCUT2D eigenvalue weighted by atomic mass is 10.2. The highest BCUT2D eigenvalue weighted by Gasteiger charge is 2.30. The molecule has 0 heterocycles. The van der Waals surface area contributed by atoms with E-state index in [0.29, 0.717) is 16.6 Å². The number of amides is 2. The molecule has 0 unspecified atom stereocenters. The standard InChI is InChI=1S/C19H17BrF3N3O4/c1-2-30-15-7-11(6-14(20)18(15)29)10-24-26-17(28)9-16(27)25-13-5-3-4-12(8-13)19(21,22)23/h3-8,10,29H,2,9H2,1H3,(H,25,27)(H,26,28)/b24-10+. The van der Waals surface area contributed by atoms with Gasteiger partial charge in [0.05, 0.1) is 22.9 Å². The highest BCUT2D eigenvalue weighted by atomic mass is 79.9. The van der Waals surface area contributed by atoms with Crippen molar-refractivity contribution in [3.63, 3.8) is 0 Å². The zero-order chi connectivity index (χ0) is 22.3. The summed E-state index contributed by atoms with van der Waals surface area (Å²) in [5, 5.41) is 15.8. The molecule has 0 saturated heterocycles. The molecule has 0 bridgehead atoms. The third kappa shape index (κ3) is 6.76. The molecule has 30 heavy (non-hydrogen) atoms. The summed E-state index contributed by atoms with van der Waals surface area (Å²) in [5.74, 6) is -1.42. The predicted octanol–water partition coefficient (Wildman–Crippen LogP) is 4.05. The second kappa shape index (κ2) is 10.1. The first-order valence-corrected chi connectivity index (χ1v) is 9.33. The number of aromatic hydroxyl groups is 1. The molecular weight excluding hydrogens is 471 g/mol. The lowest BCUT2D eigenvalue weighted by molar-refractivity contribution is -0.137. The zero-order valence-corrected chi connectivity index (χ0v) is 17.2. The Hall–Kier alpha value is -3.08. The molecule has 0 saturated carbocycles. The van der Waals surface area contributed by atoms with Crippen molar-refractivity contribution in [3.05, 3.63) is 52.0 Å². The quantitative estimate of drug-likeness (QED) is 0.311. The van der Waals surface area contributed by atoms with E-state index in [9.17, 15) is 27.9 Å². The van der Waals surface area contributed by atoms with Crippen LogP contribution in [0.4, 0.5) is 18.9 Å². The first-order valence-electron chi connectivity index (χ1n) is 8.54. The minimum Gasteiger partial charge on any atom is -0.503 e. The summed E-state index contributed by atoms with van der Waals surface area (Å²) in [4.78, 5) is 23.7. The fourth-order valence-corrected chi connectivity index (χ4v) is 2.74. The first-order chi connectivity index (χ1) is 14.1. The van der Waals surface area contributed by atoms with E-state index in [2.05, 4.69) is 31.8 Å². The number of nitrogens with zero attached hydrogens (tertiary/aromatic N) is 1. The highest BCUT2D eigenvalue weighted by molar-refractivity contribution is 9.10. The molecule has 2 amide bonds.